The molecule has 0 atom stereocenters. The van der Waals surface area contributed by atoms with E-state index >= 15 is 0 Å². The van der Waals surface area contributed by atoms with Crippen molar-refractivity contribution in [2.24, 2.45) is 4.99 Å². The average molecular weight is 128 g/mol. The van der Waals surface area contributed by atoms with Gasteiger partial charge >= 0.3 is 0 Å². The van der Waals surface area contributed by atoms with Gasteiger partial charge in [0, 0.05) is 20.1 Å². The van der Waals surface area contributed by atoms with Crippen LogP contribution < -0.4 is 0 Å². The predicted molar refractivity (Wildman–Crippen MR) is 41.9 cm³/mol. The molecule has 0 aliphatic heterocycles. The van der Waals surface area contributed by atoms with Crippen LogP contribution in [0, 0.1) is 0 Å². The van der Waals surface area contributed by atoms with E-state index in [1.165, 1.54) is 0 Å². The highest BCUT2D eigenvalue weighted by molar-refractivity contribution is 5.79. The fourth-order valence-corrected chi connectivity index (χ4v) is 0.531. The van der Waals surface area contributed by atoms with Gasteiger partial charge in [0.2, 0.25) is 0 Å². The lowest BCUT2D eigenvalue weighted by atomic mass is 10.3. The minimum absolute atomic E-state index is 0.550. The van der Waals surface area contributed by atoms with E-state index in [2.05, 4.69) is 23.7 Å². The Morgan fingerprint density at radius 3 is 2.00 bits per heavy atom. The summed E-state index contributed by atoms with van der Waals surface area (Å²) in [5.74, 6) is 1.09. The molecule has 0 spiro atoms. The molecule has 0 aromatic rings. The summed E-state index contributed by atoms with van der Waals surface area (Å²) in [6.45, 7) is 6.31. The number of aliphatic imine (C=N–C) groups is 1. The molecule has 0 saturated carbocycles. The highest BCUT2D eigenvalue weighted by atomic mass is 15.2. The molecular formula is C7H16N2. The van der Waals surface area contributed by atoms with Crippen molar-refractivity contribution >= 4 is 5.84 Å². The van der Waals surface area contributed by atoms with E-state index in [9.17, 15) is 0 Å². The van der Waals surface area contributed by atoms with E-state index in [0.29, 0.717) is 6.04 Å². The molecule has 54 valence electrons. The maximum absolute atomic E-state index is 4.05. The van der Waals surface area contributed by atoms with Crippen LogP contribution in [0.2, 0.25) is 0 Å². The standard InChI is InChI=1S/C7H16N2/c1-6(2)9(5)7(3)8-4/h6H,1-5H3/b8-7+. The van der Waals surface area contributed by atoms with Crippen molar-refractivity contribution in [3.8, 4) is 0 Å². The molecule has 0 amide bonds. The van der Waals surface area contributed by atoms with Crippen molar-refractivity contribution in [2.75, 3.05) is 14.1 Å². The number of hydrogen-bond acceptors (Lipinski definition) is 1. The van der Waals surface area contributed by atoms with Crippen LogP contribution >= 0.6 is 0 Å². The SMILES string of the molecule is C/N=C(\C)N(C)C(C)C. The molecule has 0 unspecified atom stereocenters. The molecule has 0 radical (unpaired) electrons. The fourth-order valence-electron chi connectivity index (χ4n) is 0.531. The summed E-state index contributed by atoms with van der Waals surface area (Å²) in [6, 6.07) is 0.550. The molecule has 0 rings (SSSR count). The molecule has 0 aromatic heterocycles. The summed E-state index contributed by atoms with van der Waals surface area (Å²) in [7, 11) is 3.86. The Hall–Kier alpha value is -0.530. The van der Waals surface area contributed by atoms with E-state index in [0.717, 1.165) is 5.84 Å². The Morgan fingerprint density at radius 1 is 1.44 bits per heavy atom. The molecule has 9 heavy (non-hydrogen) atoms. The van der Waals surface area contributed by atoms with Crippen LogP contribution in [-0.4, -0.2) is 30.9 Å². The monoisotopic (exact) mass is 128 g/mol. The minimum Gasteiger partial charge on any atom is -0.361 e. The highest BCUT2D eigenvalue weighted by Gasteiger charge is 2.01. The Balaban J connectivity index is 3.88. The third-order valence-corrected chi connectivity index (χ3v) is 1.61. The second-order valence-electron chi connectivity index (χ2n) is 2.48. The van der Waals surface area contributed by atoms with E-state index in [-0.39, 0.29) is 0 Å². The quantitative estimate of drug-likeness (QED) is 0.385. The van der Waals surface area contributed by atoms with Crippen molar-refractivity contribution in [2.45, 2.75) is 26.8 Å². The average Bonchev–Trinajstić information content (AvgIpc) is 1.84. The van der Waals surface area contributed by atoms with Gasteiger partial charge in [-0.25, -0.2) is 0 Å². The van der Waals surface area contributed by atoms with Crippen molar-refractivity contribution in [1.29, 1.82) is 0 Å². The maximum Gasteiger partial charge on any atom is 0.0953 e. The van der Waals surface area contributed by atoms with E-state index in [1.807, 2.05) is 21.0 Å². The Labute approximate surface area is 57.6 Å². The Bertz CT molecular complexity index is 105. The zero-order chi connectivity index (χ0) is 7.44. The normalized spacial score (nSPS) is 12.4. The molecule has 2 nitrogen and oxygen atoms in total. The van der Waals surface area contributed by atoms with Gasteiger partial charge in [-0.05, 0) is 20.8 Å². The van der Waals surface area contributed by atoms with Crippen LogP contribution in [-0.2, 0) is 0 Å². The summed E-state index contributed by atoms with van der Waals surface area (Å²) in [5.41, 5.74) is 0. The lowest BCUT2D eigenvalue weighted by Crippen LogP contribution is -2.30. The van der Waals surface area contributed by atoms with Crippen molar-refractivity contribution in [3.05, 3.63) is 0 Å². The smallest absolute Gasteiger partial charge is 0.0953 e. The van der Waals surface area contributed by atoms with Crippen LogP contribution in [0.5, 0.6) is 0 Å². The van der Waals surface area contributed by atoms with Gasteiger partial charge in [0.15, 0.2) is 0 Å². The van der Waals surface area contributed by atoms with Crippen LogP contribution in [0.15, 0.2) is 4.99 Å². The minimum atomic E-state index is 0.550. The summed E-state index contributed by atoms with van der Waals surface area (Å²) in [4.78, 5) is 6.19. The lowest BCUT2D eigenvalue weighted by Gasteiger charge is -2.22. The molecule has 0 aliphatic carbocycles. The lowest BCUT2D eigenvalue weighted by molar-refractivity contribution is 0.414. The zero-order valence-corrected chi connectivity index (χ0v) is 6.97. The third-order valence-electron chi connectivity index (χ3n) is 1.61. The Kier molecular flexibility index (Phi) is 3.28. The second-order valence-corrected chi connectivity index (χ2v) is 2.48. The first-order valence-electron chi connectivity index (χ1n) is 3.25. The summed E-state index contributed by atoms with van der Waals surface area (Å²) >= 11 is 0. The first-order chi connectivity index (χ1) is 4.09. The van der Waals surface area contributed by atoms with E-state index in [4.69, 9.17) is 0 Å². The molecule has 0 fully saturated rings. The molecule has 0 bridgehead atoms. The van der Waals surface area contributed by atoms with Crippen molar-refractivity contribution in [3.63, 3.8) is 0 Å². The Morgan fingerprint density at radius 2 is 1.89 bits per heavy atom. The highest BCUT2D eigenvalue weighted by Crippen LogP contribution is 1.93. The molecular weight excluding hydrogens is 112 g/mol. The van der Waals surface area contributed by atoms with Gasteiger partial charge < -0.3 is 4.90 Å². The molecule has 0 saturated heterocycles. The maximum atomic E-state index is 4.05. The summed E-state index contributed by atoms with van der Waals surface area (Å²) in [5, 5.41) is 0. The third kappa shape index (κ3) is 2.49. The van der Waals surface area contributed by atoms with E-state index in [1.54, 1.807) is 0 Å². The largest absolute Gasteiger partial charge is 0.361 e. The van der Waals surface area contributed by atoms with Crippen LogP contribution in [0.25, 0.3) is 0 Å². The van der Waals surface area contributed by atoms with Gasteiger partial charge in [-0.2, -0.15) is 0 Å². The van der Waals surface area contributed by atoms with Crippen LogP contribution in [0.3, 0.4) is 0 Å². The van der Waals surface area contributed by atoms with E-state index < -0.39 is 0 Å². The zero-order valence-electron chi connectivity index (χ0n) is 6.97. The summed E-state index contributed by atoms with van der Waals surface area (Å²) < 4.78 is 0. The first-order valence-corrected chi connectivity index (χ1v) is 3.25. The van der Waals surface area contributed by atoms with Gasteiger partial charge in [0.05, 0.1) is 5.84 Å². The van der Waals surface area contributed by atoms with Crippen molar-refractivity contribution in [1.82, 2.24) is 4.90 Å². The number of hydrogen-bond donors (Lipinski definition) is 0. The molecule has 0 N–H and O–H groups in total. The predicted octanol–water partition coefficient (Wildman–Crippen LogP) is 1.37. The molecule has 0 heterocycles. The molecule has 2 heteroatoms. The van der Waals surface area contributed by atoms with Gasteiger partial charge in [-0.1, -0.05) is 0 Å². The molecule has 0 aromatic carbocycles. The van der Waals surface area contributed by atoms with Gasteiger partial charge in [-0.3, -0.25) is 4.99 Å². The van der Waals surface area contributed by atoms with Gasteiger partial charge in [0.1, 0.15) is 0 Å². The second kappa shape index (κ2) is 3.49. The first kappa shape index (κ1) is 8.47. The summed E-state index contributed by atoms with van der Waals surface area (Å²) in [6.07, 6.45) is 0. The van der Waals surface area contributed by atoms with Crippen molar-refractivity contribution < 1.29 is 0 Å². The van der Waals surface area contributed by atoms with Gasteiger partial charge in [-0.15, -0.1) is 0 Å². The fraction of sp³-hybridized carbons (Fsp3) is 0.857. The number of rotatable bonds is 1. The van der Waals surface area contributed by atoms with Crippen LogP contribution in [0.4, 0.5) is 0 Å². The number of nitrogens with zero attached hydrogens (tertiary/aromatic N) is 2. The topological polar surface area (TPSA) is 15.6 Å². The van der Waals surface area contributed by atoms with Gasteiger partial charge in [0.25, 0.3) is 0 Å². The number of amidine groups is 1. The molecule has 0 aliphatic rings. The van der Waals surface area contributed by atoms with Crippen LogP contribution in [0.1, 0.15) is 20.8 Å².